The molecule has 0 radical (unpaired) electrons. The summed E-state index contributed by atoms with van der Waals surface area (Å²) >= 11 is 0. The fraction of sp³-hybridized carbons (Fsp3) is 0.700. The van der Waals surface area contributed by atoms with Crippen LogP contribution in [0.4, 0.5) is 0 Å². The first-order chi connectivity index (χ1) is 6.59. The highest BCUT2D eigenvalue weighted by Gasteiger charge is 2.37. The molecular weight excluding hydrogens is 184 g/mol. The van der Waals surface area contributed by atoms with Gasteiger partial charge in [-0.15, -0.1) is 6.58 Å². The monoisotopic (exact) mass is 200 g/mol. The molecular formula is C10H16O4. The van der Waals surface area contributed by atoms with Crippen LogP contribution in [-0.4, -0.2) is 31.1 Å². The fourth-order valence-electron chi connectivity index (χ4n) is 1.15. The second-order valence-corrected chi connectivity index (χ2v) is 3.35. The Kier molecular flexibility index (Phi) is 3.66. The van der Waals surface area contributed by atoms with E-state index in [4.69, 9.17) is 14.2 Å². The van der Waals surface area contributed by atoms with Crippen LogP contribution >= 0.6 is 0 Å². The lowest BCUT2D eigenvalue weighted by Gasteiger charge is -2.22. The highest BCUT2D eigenvalue weighted by molar-refractivity contribution is 5.68. The molecule has 1 fully saturated rings. The van der Waals surface area contributed by atoms with Crippen molar-refractivity contribution in [3.63, 3.8) is 0 Å². The number of ether oxygens (including phenoxy) is 3. The molecule has 0 N–H and O–H groups in total. The average Bonchev–Trinajstić information content (AvgIpc) is 2.57. The van der Waals surface area contributed by atoms with Crippen LogP contribution in [0.5, 0.6) is 0 Å². The third-order valence-corrected chi connectivity index (χ3v) is 2.00. The quantitative estimate of drug-likeness (QED) is 0.506. The van der Waals surface area contributed by atoms with E-state index >= 15 is 0 Å². The predicted octanol–water partition coefficient (Wildman–Crippen LogP) is 1.26. The molecule has 0 amide bonds. The van der Waals surface area contributed by atoms with Gasteiger partial charge in [-0.25, -0.2) is 0 Å². The van der Waals surface area contributed by atoms with Crippen LogP contribution in [0.3, 0.4) is 0 Å². The summed E-state index contributed by atoms with van der Waals surface area (Å²) in [6.07, 6.45) is 1.92. The van der Waals surface area contributed by atoms with Crippen LogP contribution in [0.1, 0.15) is 20.3 Å². The molecule has 0 aliphatic carbocycles. The van der Waals surface area contributed by atoms with Crippen molar-refractivity contribution in [2.24, 2.45) is 0 Å². The van der Waals surface area contributed by atoms with E-state index in [1.54, 1.807) is 19.9 Å². The molecule has 0 aromatic heterocycles. The van der Waals surface area contributed by atoms with E-state index in [2.05, 4.69) is 6.58 Å². The van der Waals surface area contributed by atoms with Crippen molar-refractivity contribution in [1.29, 1.82) is 0 Å². The third kappa shape index (κ3) is 2.82. The maximum Gasteiger partial charge on any atom is 0.305 e. The molecule has 1 heterocycles. The van der Waals surface area contributed by atoms with Gasteiger partial charge in [-0.2, -0.15) is 0 Å². The predicted molar refractivity (Wildman–Crippen MR) is 50.7 cm³/mol. The van der Waals surface area contributed by atoms with E-state index in [-0.39, 0.29) is 18.7 Å². The van der Waals surface area contributed by atoms with Gasteiger partial charge in [-0.05, 0) is 6.92 Å². The largest absolute Gasteiger partial charge is 0.460 e. The van der Waals surface area contributed by atoms with Gasteiger partial charge < -0.3 is 14.2 Å². The molecule has 14 heavy (non-hydrogen) atoms. The molecule has 80 valence electrons. The average molecular weight is 200 g/mol. The molecule has 0 saturated carbocycles. The van der Waals surface area contributed by atoms with Crippen molar-refractivity contribution >= 4 is 5.97 Å². The van der Waals surface area contributed by atoms with Crippen molar-refractivity contribution in [3.8, 4) is 0 Å². The lowest BCUT2D eigenvalue weighted by Crippen LogP contribution is -2.33. The van der Waals surface area contributed by atoms with Crippen LogP contribution in [0, 0.1) is 0 Å². The maximum absolute atomic E-state index is 10.9. The number of hydrogen-bond donors (Lipinski definition) is 0. The molecule has 0 aromatic carbocycles. The summed E-state index contributed by atoms with van der Waals surface area (Å²) in [5, 5.41) is 0. The summed E-state index contributed by atoms with van der Waals surface area (Å²) < 4.78 is 15.8. The van der Waals surface area contributed by atoms with Crippen LogP contribution in [-0.2, 0) is 19.0 Å². The Morgan fingerprint density at radius 3 is 3.00 bits per heavy atom. The Hall–Kier alpha value is -0.870. The fourth-order valence-corrected chi connectivity index (χ4v) is 1.15. The minimum Gasteiger partial charge on any atom is -0.460 e. The van der Waals surface area contributed by atoms with Gasteiger partial charge in [-0.1, -0.05) is 13.0 Å². The highest BCUT2D eigenvalue weighted by Crippen LogP contribution is 2.24. The van der Waals surface area contributed by atoms with E-state index in [1.165, 1.54) is 0 Å². The molecule has 0 aromatic rings. The Morgan fingerprint density at radius 2 is 2.50 bits per heavy atom. The summed E-state index contributed by atoms with van der Waals surface area (Å²) in [7, 11) is 0. The highest BCUT2D eigenvalue weighted by atomic mass is 16.8. The second kappa shape index (κ2) is 4.57. The Bertz CT molecular complexity index is 226. The lowest BCUT2D eigenvalue weighted by molar-refractivity contribution is -0.193. The Labute approximate surface area is 83.8 Å². The van der Waals surface area contributed by atoms with E-state index < -0.39 is 5.79 Å². The second-order valence-electron chi connectivity index (χ2n) is 3.35. The van der Waals surface area contributed by atoms with Crippen molar-refractivity contribution < 1.29 is 19.0 Å². The van der Waals surface area contributed by atoms with Gasteiger partial charge in [0.2, 0.25) is 5.79 Å². The normalized spacial score (nSPS) is 31.4. The number of carbonyl (C=O) groups is 1. The minimum absolute atomic E-state index is 0.111. The molecule has 0 spiro atoms. The van der Waals surface area contributed by atoms with Gasteiger partial charge in [0.15, 0.2) is 0 Å². The summed E-state index contributed by atoms with van der Waals surface area (Å²) in [5.41, 5.74) is 0. The molecule has 0 bridgehead atoms. The van der Waals surface area contributed by atoms with Crippen LogP contribution in [0.2, 0.25) is 0 Å². The molecule has 1 saturated heterocycles. The maximum atomic E-state index is 10.9. The van der Waals surface area contributed by atoms with Crippen molar-refractivity contribution in [2.75, 3.05) is 13.2 Å². The zero-order valence-electron chi connectivity index (χ0n) is 8.62. The van der Waals surface area contributed by atoms with Gasteiger partial charge in [0, 0.05) is 6.42 Å². The van der Waals surface area contributed by atoms with Crippen LogP contribution in [0.15, 0.2) is 12.7 Å². The van der Waals surface area contributed by atoms with Crippen LogP contribution in [0.25, 0.3) is 0 Å². The number of carbonyl (C=O) groups excluding carboxylic acids is 1. The first-order valence-electron chi connectivity index (χ1n) is 4.69. The zero-order chi connectivity index (χ0) is 10.6. The number of hydrogen-bond acceptors (Lipinski definition) is 4. The molecule has 1 aliphatic rings. The number of esters is 1. The zero-order valence-corrected chi connectivity index (χ0v) is 8.62. The van der Waals surface area contributed by atoms with E-state index in [1.807, 2.05) is 0 Å². The van der Waals surface area contributed by atoms with Gasteiger partial charge in [0.05, 0.1) is 6.61 Å². The SMILES string of the molecule is C=CC1COC(C)(COC(=O)CC)O1. The third-order valence-electron chi connectivity index (χ3n) is 2.00. The molecule has 4 nitrogen and oxygen atoms in total. The summed E-state index contributed by atoms with van der Waals surface area (Å²) in [6, 6.07) is 0. The molecule has 1 aliphatic heterocycles. The topological polar surface area (TPSA) is 44.8 Å². The molecule has 1 rings (SSSR count). The van der Waals surface area contributed by atoms with Gasteiger partial charge in [0.1, 0.15) is 12.7 Å². The van der Waals surface area contributed by atoms with E-state index in [9.17, 15) is 4.79 Å². The summed E-state index contributed by atoms with van der Waals surface area (Å²) in [6.45, 7) is 7.69. The Balaban J connectivity index is 2.36. The minimum atomic E-state index is -0.816. The summed E-state index contributed by atoms with van der Waals surface area (Å²) in [4.78, 5) is 10.9. The van der Waals surface area contributed by atoms with Crippen molar-refractivity contribution in [1.82, 2.24) is 0 Å². The van der Waals surface area contributed by atoms with E-state index in [0.29, 0.717) is 13.0 Å². The van der Waals surface area contributed by atoms with E-state index in [0.717, 1.165) is 0 Å². The first-order valence-corrected chi connectivity index (χ1v) is 4.69. The lowest BCUT2D eigenvalue weighted by atomic mass is 10.3. The van der Waals surface area contributed by atoms with Crippen LogP contribution < -0.4 is 0 Å². The molecule has 4 heteroatoms. The number of rotatable bonds is 4. The van der Waals surface area contributed by atoms with Gasteiger partial charge in [-0.3, -0.25) is 4.79 Å². The van der Waals surface area contributed by atoms with Crippen molar-refractivity contribution in [3.05, 3.63) is 12.7 Å². The van der Waals surface area contributed by atoms with Gasteiger partial charge in [0.25, 0.3) is 0 Å². The standard InChI is InChI=1S/C10H16O4/c1-4-8-6-13-10(3,14-8)7-12-9(11)5-2/h4,8H,1,5-7H2,2-3H3. The van der Waals surface area contributed by atoms with Crippen molar-refractivity contribution in [2.45, 2.75) is 32.2 Å². The molecule has 2 unspecified atom stereocenters. The smallest absolute Gasteiger partial charge is 0.305 e. The summed E-state index contributed by atoms with van der Waals surface area (Å²) in [5.74, 6) is -1.07. The van der Waals surface area contributed by atoms with Gasteiger partial charge >= 0.3 is 5.97 Å². The Morgan fingerprint density at radius 1 is 1.79 bits per heavy atom. The first kappa shape index (κ1) is 11.2. The molecule has 2 atom stereocenters.